The molecule has 3 aromatic rings. The normalized spacial score (nSPS) is 12.4. The van der Waals surface area contributed by atoms with Crippen LogP contribution in [0.25, 0.3) is 22.2 Å². The largest absolute Gasteiger partial charge is 0.455 e. The summed E-state index contributed by atoms with van der Waals surface area (Å²) in [6.45, 7) is 14.9. The maximum Gasteiger partial charge on any atom is 0.376 e. The van der Waals surface area contributed by atoms with Gasteiger partial charge in [-0.15, -0.1) is 0 Å². The fraction of sp³-hybridized carbons (Fsp3) is 0.444. The number of fused-ring (bicyclic) bond motifs is 1. The summed E-state index contributed by atoms with van der Waals surface area (Å²) >= 11 is 3.16. The third kappa shape index (κ3) is 6.73. The molecule has 2 N–H and O–H groups in total. The summed E-state index contributed by atoms with van der Waals surface area (Å²) < 4.78 is 32.9. The molecule has 0 bridgehead atoms. The number of rotatable bonds is 4. The number of nitrogen functional groups attached to an aromatic ring is 1. The molecule has 12 heteroatoms. The van der Waals surface area contributed by atoms with Crippen molar-refractivity contribution in [2.45, 2.75) is 79.1 Å². The molecule has 0 aliphatic heterocycles. The monoisotopic (exact) mass is 606 g/mol. The molecule has 0 spiro atoms. The smallest absolute Gasteiger partial charge is 0.376 e. The molecule has 0 saturated heterocycles. The molecule has 0 radical (unpaired) electrons. The number of nitrogens with two attached hydrogens (primary N) is 1. The van der Waals surface area contributed by atoms with Gasteiger partial charge in [-0.25, -0.2) is 28.7 Å². The van der Waals surface area contributed by atoms with Crippen LogP contribution >= 0.6 is 15.9 Å². The summed E-state index contributed by atoms with van der Waals surface area (Å²) in [4.78, 5) is 48.3. The van der Waals surface area contributed by atoms with Crippen molar-refractivity contribution in [2.75, 3.05) is 5.84 Å². The number of aromatic nitrogens is 3. The van der Waals surface area contributed by atoms with Crippen LogP contribution in [0.1, 0.15) is 93.9 Å². The number of esters is 3. The number of carbonyl (C=O) groups is 3. The molecule has 0 aliphatic carbocycles. The minimum absolute atomic E-state index is 0.0802. The summed E-state index contributed by atoms with van der Waals surface area (Å²) in [6.07, 6.45) is 0. The average molecular weight is 607 g/mol. The third-order valence-corrected chi connectivity index (χ3v) is 5.44. The minimum atomic E-state index is -0.946. The van der Waals surface area contributed by atoms with Crippen LogP contribution in [-0.2, 0) is 14.2 Å². The number of hydrogen-bond acceptors (Lipinski definition) is 9. The standard InChI is InChI=1S/C27H32BrFN4O6/c1-25(2,3)37-22(34)18-20-17(31-21(32-18)24(36)39-27(7,8)9)15(13-11-10-12-14(28)16(13)29)19(33(20)30)23(35)38-26(4,5)6/h10-12H,30H2,1-9H3. The van der Waals surface area contributed by atoms with E-state index in [4.69, 9.17) is 20.1 Å². The van der Waals surface area contributed by atoms with Crippen molar-refractivity contribution in [3.05, 3.63) is 45.7 Å². The first kappa shape index (κ1) is 30.0. The van der Waals surface area contributed by atoms with Crippen molar-refractivity contribution >= 4 is 44.9 Å². The molecule has 0 amide bonds. The molecule has 0 unspecified atom stereocenters. The fourth-order valence-electron chi connectivity index (χ4n) is 3.56. The Hall–Kier alpha value is -3.54. The zero-order valence-corrected chi connectivity index (χ0v) is 24.9. The van der Waals surface area contributed by atoms with Gasteiger partial charge in [-0.05, 0) is 84.3 Å². The van der Waals surface area contributed by atoms with E-state index >= 15 is 4.39 Å². The lowest BCUT2D eigenvalue weighted by atomic mass is 10.0. The summed E-state index contributed by atoms with van der Waals surface area (Å²) in [5.74, 6) is 2.36. The van der Waals surface area contributed by atoms with Gasteiger partial charge in [0.25, 0.3) is 0 Å². The van der Waals surface area contributed by atoms with Crippen molar-refractivity contribution in [3.63, 3.8) is 0 Å². The van der Waals surface area contributed by atoms with E-state index < -0.39 is 52.0 Å². The first-order valence-electron chi connectivity index (χ1n) is 12.1. The second-order valence-electron chi connectivity index (χ2n) is 11.8. The van der Waals surface area contributed by atoms with Gasteiger partial charge in [-0.3, -0.25) is 4.68 Å². The molecule has 3 rings (SSSR count). The number of ether oxygens (including phenoxy) is 3. The number of nitrogens with zero attached hydrogens (tertiary/aromatic N) is 3. The number of hydrogen-bond donors (Lipinski definition) is 1. The van der Waals surface area contributed by atoms with Crippen LogP contribution in [-0.4, -0.2) is 49.4 Å². The molecule has 10 nitrogen and oxygen atoms in total. The molecular weight excluding hydrogens is 575 g/mol. The van der Waals surface area contributed by atoms with Crippen molar-refractivity contribution in [1.82, 2.24) is 14.6 Å². The SMILES string of the molecule is CC(C)(C)OC(=O)c1nc(C(=O)OC(C)(C)C)c2c(n1)c(-c1cccc(Br)c1F)c(C(=O)OC(C)(C)C)n2N. The summed E-state index contributed by atoms with van der Waals surface area (Å²) in [5.41, 5.74) is -4.01. The Kier molecular flexibility index (Phi) is 7.86. The Morgan fingerprint density at radius 2 is 1.36 bits per heavy atom. The highest BCUT2D eigenvalue weighted by atomic mass is 79.9. The van der Waals surface area contributed by atoms with E-state index in [1.54, 1.807) is 68.4 Å². The van der Waals surface area contributed by atoms with Gasteiger partial charge in [0.15, 0.2) is 11.4 Å². The molecule has 0 fully saturated rings. The molecular formula is C27H32BrFN4O6. The maximum atomic E-state index is 15.5. The van der Waals surface area contributed by atoms with E-state index in [1.165, 1.54) is 12.1 Å². The third-order valence-electron chi connectivity index (χ3n) is 4.83. The highest BCUT2D eigenvalue weighted by Crippen LogP contribution is 2.38. The second kappa shape index (κ2) is 10.2. The van der Waals surface area contributed by atoms with E-state index in [9.17, 15) is 14.4 Å². The molecule has 2 heterocycles. The molecule has 39 heavy (non-hydrogen) atoms. The van der Waals surface area contributed by atoms with E-state index in [0.717, 1.165) is 4.68 Å². The summed E-state index contributed by atoms with van der Waals surface area (Å²) in [5, 5.41) is 0. The quantitative estimate of drug-likeness (QED) is 0.229. The predicted octanol–water partition coefficient (Wildman–Crippen LogP) is 5.58. The van der Waals surface area contributed by atoms with Gasteiger partial charge in [-0.2, -0.15) is 0 Å². The number of halogens is 2. The Bertz CT molecular complexity index is 1480. The second-order valence-corrected chi connectivity index (χ2v) is 12.6. The number of benzene rings is 1. The molecule has 210 valence electrons. The lowest BCUT2D eigenvalue weighted by molar-refractivity contribution is 0.00377. The van der Waals surface area contributed by atoms with E-state index in [1.807, 2.05) is 0 Å². The number of carbonyl (C=O) groups excluding carboxylic acids is 3. The first-order chi connectivity index (χ1) is 17.7. The Balaban J connectivity index is 2.51. The van der Waals surface area contributed by atoms with Gasteiger partial charge in [-0.1, -0.05) is 12.1 Å². The van der Waals surface area contributed by atoms with Crippen LogP contribution in [0.5, 0.6) is 0 Å². The van der Waals surface area contributed by atoms with Crippen molar-refractivity contribution in [1.29, 1.82) is 0 Å². The van der Waals surface area contributed by atoms with Crippen molar-refractivity contribution < 1.29 is 33.0 Å². The summed E-state index contributed by atoms with van der Waals surface area (Å²) in [6, 6.07) is 4.43. The van der Waals surface area contributed by atoms with E-state index in [2.05, 4.69) is 25.9 Å². The maximum absolute atomic E-state index is 15.5. The van der Waals surface area contributed by atoms with Crippen LogP contribution in [0.15, 0.2) is 22.7 Å². The van der Waals surface area contributed by atoms with Gasteiger partial charge >= 0.3 is 17.9 Å². The highest BCUT2D eigenvalue weighted by molar-refractivity contribution is 9.10. The highest BCUT2D eigenvalue weighted by Gasteiger charge is 2.35. The van der Waals surface area contributed by atoms with E-state index in [0.29, 0.717) is 0 Å². The Morgan fingerprint density at radius 3 is 1.90 bits per heavy atom. The van der Waals surface area contributed by atoms with Crippen molar-refractivity contribution in [2.24, 2.45) is 0 Å². The topological polar surface area (TPSA) is 136 Å². The van der Waals surface area contributed by atoms with Crippen LogP contribution in [0.3, 0.4) is 0 Å². The first-order valence-corrected chi connectivity index (χ1v) is 12.9. The van der Waals surface area contributed by atoms with Crippen LogP contribution in [0, 0.1) is 5.82 Å². The predicted molar refractivity (Wildman–Crippen MR) is 146 cm³/mol. The lowest BCUT2D eigenvalue weighted by Gasteiger charge is -2.21. The summed E-state index contributed by atoms with van der Waals surface area (Å²) in [7, 11) is 0. The van der Waals surface area contributed by atoms with Gasteiger partial charge in [0.2, 0.25) is 5.82 Å². The molecule has 0 aliphatic rings. The zero-order chi connectivity index (χ0) is 29.7. The molecule has 1 aromatic carbocycles. The Morgan fingerprint density at radius 1 is 0.846 bits per heavy atom. The van der Waals surface area contributed by atoms with Gasteiger partial charge < -0.3 is 20.1 Å². The van der Waals surface area contributed by atoms with Crippen LogP contribution < -0.4 is 5.84 Å². The van der Waals surface area contributed by atoms with Gasteiger partial charge in [0.1, 0.15) is 33.7 Å². The van der Waals surface area contributed by atoms with Gasteiger partial charge in [0.05, 0.1) is 4.47 Å². The van der Waals surface area contributed by atoms with Crippen LogP contribution in [0.4, 0.5) is 4.39 Å². The van der Waals surface area contributed by atoms with Crippen molar-refractivity contribution in [3.8, 4) is 11.1 Å². The molecule has 0 atom stereocenters. The fourth-order valence-corrected chi connectivity index (χ4v) is 3.93. The lowest BCUT2D eigenvalue weighted by Crippen LogP contribution is -2.29. The van der Waals surface area contributed by atoms with Gasteiger partial charge in [0, 0.05) is 11.1 Å². The minimum Gasteiger partial charge on any atom is -0.455 e. The zero-order valence-electron chi connectivity index (χ0n) is 23.4. The van der Waals surface area contributed by atoms with E-state index in [-0.39, 0.29) is 32.3 Å². The Labute approximate surface area is 234 Å². The average Bonchev–Trinajstić information content (AvgIpc) is 3.04. The molecule has 0 saturated carbocycles. The molecule has 2 aromatic heterocycles. The van der Waals surface area contributed by atoms with Crippen LogP contribution in [0.2, 0.25) is 0 Å².